The fourth-order valence-electron chi connectivity index (χ4n) is 12.9. The summed E-state index contributed by atoms with van der Waals surface area (Å²) >= 11 is 0. The van der Waals surface area contributed by atoms with E-state index >= 15 is 0 Å². The zero-order valence-corrected chi connectivity index (χ0v) is 74.2. The number of hydrogen-bond donors (Lipinski definition) is 7. The topological polar surface area (TPSA) is 261 Å². The highest BCUT2D eigenvalue weighted by atomic mass is 16.4. The molecule has 14 heteroatoms. The predicted octanol–water partition coefficient (Wildman–Crippen LogP) is 32.4. The third-order valence-corrected chi connectivity index (χ3v) is 20.1. The first-order chi connectivity index (χ1) is 53.4. The van der Waals surface area contributed by atoms with Gasteiger partial charge >= 0.3 is 41.8 Å². The summed E-state index contributed by atoms with van der Waals surface area (Å²) in [6.45, 7) is 15.6. The minimum atomic E-state index is -0.670. The van der Waals surface area contributed by atoms with Crippen molar-refractivity contribution in [3.63, 3.8) is 0 Å². The van der Waals surface area contributed by atoms with Gasteiger partial charge in [0.05, 0.1) is 0 Å². The van der Waals surface area contributed by atoms with E-state index in [-0.39, 0.29) is 0 Å². The molecular weight excluding hydrogens is 1380 g/mol. The zero-order valence-electron chi connectivity index (χ0n) is 74.2. The first-order valence-electron chi connectivity index (χ1n) is 47.6. The van der Waals surface area contributed by atoms with Crippen molar-refractivity contribution >= 4 is 41.8 Å². The second-order valence-electron chi connectivity index (χ2n) is 31.7. The number of carboxylic acid groups (broad SMARTS) is 7. The van der Waals surface area contributed by atoms with Gasteiger partial charge in [-0.15, -0.1) is 0 Å². The van der Waals surface area contributed by atoms with Crippen molar-refractivity contribution in [3.05, 3.63) is 12.2 Å². The molecule has 0 aliphatic rings. The van der Waals surface area contributed by atoms with E-state index in [9.17, 15) is 33.6 Å². The maximum absolute atomic E-state index is 10.3. The molecule has 0 rings (SSSR count). The quantitative estimate of drug-likeness (QED) is 0.0221. The monoisotopic (exact) mass is 1570 g/mol. The van der Waals surface area contributed by atoms with Gasteiger partial charge in [-0.3, -0.25) is 33.6 Å². The normalized spacial score (nSPS) is 10.6. The van der Waals surface area contributed by atoms with Crippen LogP contribution in [0.25, 0.3) is 0 Å². The molecule has 0 radical (unpaired) electrons. The summed E-state index contributed by atoms with van der Waals surface area (Å²) in [4.78, 5) is 71.6. The van der Waals surface area contributed by atoms with Crippen molar-refractivity contribution in [2.24, 2.45) is 0 Å². The van der Waals surface area contributed by atoms with E-state index in [1.54, 1.807) is 0 Å². The minimum absolute atomic E-state index is 0.332. The van der Waals surface area contributed by atoms with Gasteiger partial charge in [0.25, 0.3) is 0 Å². The van der Waals surface area contributed by atoms with Gasteiger partial charge in [0.2, 0.25) is 0 Å². The van der Waals surface area contributed by atoms with E-state index < -0.39 is 41.8 Å². The number of aliphatic carboxylic acids is 7. The Morgan fingerprint density at radius 1 is 0.136 bits per heavy atom. The largest absolute Gasteiger partial charge is 0.481 e. The number of rotatable bonds is 81. The van der Waals surface area contributed by atoms with Crippen LogP contribution >= 0.6 is 0 Å². The summed E-state index contributed by atoms with van der Waals surface area (Å²) in [5.41, 5.74) is 0. The van der Waals surface area contributed by atoms with Crippen LogP contribution in [0, 0.1) is 0 Å². The van der Waals surface area contributed by atoms with Crippen molar-refractivity contribution in [2.45, 2.75) is 562 Å². The standard InChI is InChI=1S/C18H36O2.C18H34O2.C16H32O2.C14H28O2.C12H24O2.C10H20O2.C8H16O2/c2*1-2-3-4-5-6-7-8-9-10-11-12-13-14-15-16-17-18(19)20;1-2-3-4-5-6-7-8-9-10-11-12-13-14-15-16(17)18;1-2-3-4-5-6-7-8-9-10-11-12-13-14(15)16;1-2-3-4-5-6-7-8-9-10-11-12(13)14;1-2-3-4-5-6-7-8-9-10(11)12;1-2-3-4-5-6-7-8(9)10/h2-17H2,1H3,(H,19,20);9-10H,2-8,11-17H2,1H3,(H,19,20);2-15H2,1H3,(H,17,18);2-13H2,1H3,(H,15,16);2-11H2,1H3,(H,13,14);2-9H2,1H3,(H,11,12);2-7H2,1H3,(H,9,10)/b;10-9-;;;;;. The molecule has 0 atom stereocenters. The molecule has 0 bridgehead atoms. The fraction of sp³-hybridized carbons (Fsp3) is 0.906. The van der Waals surface area contributed by atoms with Crippen molar-refractivity contribution in [1.82, 2.24) is 0 Å². The Balaban J connectivity index is -0.000000227. The van der Waals surface area contributed by atoms with Gasteiger partial charge in [-0.25, -0.2) is 0 Å². The Labute approximate surface area is 681 Å². The van der Waals surface area contributed by atoms with Crippen LogP contribution in [0.4, 0.5) is 0 Å². The summed E-state index contributed by atoms with van der Waals surface area (Å²) in [5, 5.41) is 59.0. The highest BCUT2D eigenvalue weighted by molar-refractivity contribution is 5.68. The molecule has 0 saturated heterocycles. The highest BCUT2D eigenvalue weighted by Gasteiger charge is 2.04. The predicted molar refractivity (Wildman–Crippen MR) is 472 cm³/mol. The van der Waals surface area contributed by atoms with Crippen LogP contribution in [0.3, 0.4) is 0 Å². The fourth-order valence-corrected chi connectivity index (χ4v) is 12.9. The summed E-state index contributed by atoms with van der Waals surface area (Å²) in [6.07, 6.45) is 99.1. The third-order valence-electron chi connectivity index (χ3n) is 20.1. The Kier molecular flexibility index (Phi) is 126. The first-order valence-corrected chi connectivity index (χ1v) is 47.6. The number of hydrogen-bond acceptors (Lipinski definition) is 7. The Hall–Kier alpha value is -3.97. The van der Waals surface area contributed by atoms with E-state index in [4.69, 9.17) is 35.7 Å². The second kappa shape index (κ2) is 116. The number of carbonyl (C=O) groups is 7. The summed E-state index contributed by atoms with van der Waals surface area (Å²) in [7, 11) is 0. The second-order valence-corrected chi connectivity index (χ2v) is 31.7. The minimum Gasteiger partial charge on any atom is -0.481 e. The smallest absolute Gasteiger partial charge is 0.303 e. The highest BCUT2D eigenvalue weighted by Crippen LogP contribution is 2.18. The molecule has 0 saturated carbocycles. The maximum Gasteiger partial charge on any atom is 0.303 e. The van der Waals surface area contributed by atoms with Gasteiger partial charge in [0, 0.05) is 44.9 Å². The third kappa shape index (κ3) is 153. The summed E-state index contributed by atoms with van der Waals surface area (Å²) in [6, 6.07) is 0. The molecule has 0 aromatic rings. The summed E-state index contributed by atoms with van der Waals surface area (Å²) in [5.74, 6) is -4.62. The molecule has 0 spiro atoms. The lowest BCUT2D eigenvalue weighted by Gasteiger charge is -2.03. The number of allylic oxidation sites excluding steroid dienone is 2. The van der Waals surface area contributed by atoms with Gasteiger partial charge in [-0.1, -0.05) is 459 Å². The van der Waals surface area contributed by atoms with Crippen LogP contribution in [0.1, 0.15) is 562 Å². The molecule has 0 unspecified atom stereocenters. The molecule has 658 valence electrons. The Morgan fingerprint density at radius 2 is 0.218 bits per heavy atom. The van der Waals surface area contributed by atoms with E-state index in [2.05, 4.69) is 60.6 Å². The zero-order chi connectivity index (χ0) is 83.0. The lowest BCUT2D eigenvalue weighted by molar-refractivity contribution is -0.138. The maximum atomic E-state index is 10.3. The van der Waals surface area contributed by atoms with E-state index in [1.165, 1.54) is 379 Å². The molecular formula is C96H190O14. The molecule has 0 amide bonds. The van der Waals surface area contributed by atoms with Gasteiger partial charge in [-0.05, 0) is 70.6 Å². The van der Waals surface area contributed by atoms with Crippen LogP contribution in [-0.2, 0) is 33.6 Å². The van der Waals surface area contributed by atoms with E-state index in [0.717, 1.165) is 89.9 Å². The van der Waals surface area contributed by atoms with Crippen molar-refractivity contribution in [3.8, 4) is 0 Å². The molecule has 0 fully saturated rings. The van der Waals surface area contributed by atoms with Crippen LogP contribution in [0.5, 0.6) is 0 Å². The van der Waals surface area contributed by atoms with E-state index in [0.29, 0.717) is 44.9 Å². The lowest BCUT2D eigenvalue weighted by Crippen LogP contribution is -1.93. The SMILES string of the molecule is CCCCCCCC(=O)O.CCCCCCCC/C=C\CCCCCCCC(=O)O.CCCCCCCCCC(=O)O.CCCCCCCCCCCC(=O)O.CCCCCCCCCCCCCC(=O)O.CCCCCCCCCCCCCCCC(=O)O.CCCCCCCCCCCCCCCCCC(=O)O. The van der Waals surface area contributed by atoms with Crippen molar-refractivity contribution in [1.29, 1.82) is 0 Å². The van der Waals surface area contributed by atoms with Crippen LogP contribution in [0.15, 0.2) is 12.2 Å². The number of unbranched alkanes of at least 4 members (excludes halogenated alkanes) is 65. The van der Waals surface area contributed by atoms with Crippen molar-refractivity contribution in [2.75, 3.05) is 0 Å². The van der Waals surface area contributed by atoms with Gasteiger partial charge in [0.15, 0.2) is 0 Å². The van der Waals surface area contributed by atoms with Gasteiger partial charge in [-0.2, -0.15) is 0 Å². The molecule has 14 nitrogen and oxygen atoms in total. The Morgan fingerprint density at radius 3 is 0.309 bits per heavy atom. The Bertz CT molecular complexity index is 1800. The van der Waals surface area contributed by atoms with E-state index in [1.807, 2.05) is 0 Å². The molecule has 0 aromatic heterocycles. The first kappa shape index (κ1) is 119. The molecule has 110 heavy (non-hydrogen) atoms. The molecule has 0 aliphatic carbocycles. The number of carboxylic acids is 7. The average Bonchev–Trinajstić information content (AvgIpc) is 3.42. The lowest BCUT2D eigenvalue weighted by atomic mass is 10.0. The van der Waals surface area contributed by atoms with Crippen LogP contribution in [-0.4, -0.2) is 77.5 Å². The molecule has 0 heterocycles. The van der Waals surface area contributed by atoms with Gasteiger partial charge in [0.1, 0.15) is 0 Å². The van der Waals surface area contributed by atoms with Crippen molar-refractivity contribution < 1.29 is 69.3 Å². The van der Waals surface area contributed by atoms with Gasteiger partial charge < -0.3 is 35.7 Å². The summed E-state index contributed by atoms with van der Waals surface area (Å²) < 4.78 is 0. The molecule has 0 aliphatic heterocycles. The molecule has 0 aromatic carbocycles. The van der Waals surface area contributed by atoms with Crippen LogP contribution < -0.4 is 0 Å². The average molecular weight is 1570 g/mol. The molecule has 7 N–H and O–H groups in total. The van der Waals surface area contributed by atoms with Crippen LogP contribution in [0.2, 0.25) is 0 Å².